The summed E-state index contributed by atoms with van der Waals surface area (Å²) in [5.41, 5.74) is 0. The molecule has 0 aromatic heterocycles. The van der Waals surface area contributed by atoms with Gasteiger partial charge in [0.2, 0.25) is 11.8 Å². The summed E-state index contributed by atoms with van der Waals surface area (Å²) in [6, 6.07) is 0. The van der Waals surface area contributed by atoms with E-state index in [9.17, 15) is 9.59 Å². The molecule has 0 radical (unpaired) electrons. The number of nitrogens with zero attached hydrogens (tertiary/aromatic N) is 3. The van der Waals surface area contributed by atoms with Gasteiger partial charge in [0, 0.05) is 26.2 Å². The van der Waals surface area contributed by atoms with Crippen molar-refractivity contribution in [2.75, 3.05) is 53.4 Å². The van der Waals surface area contributed by atoms with Gasteiger partial charge in [-0.1, -0.05) is 0 Å². The molecule has 0 N–H and O–H groups in total. The number of hydrogen-bond donors (Lipinski definition) is 0. The zero-order valence-corrected chi connectivity index (χ0v) is 12.4. The molecule has 1 aliphatic rings. The van der Waals surface area contributed by atoms with Gasteiger partial charge in [-0.2, -0.15) is 0 Å². The van der Waals surface area contributed by atoms with E-state index in [4.69, 9.17) is 4.74 Å². The van der Waals surface area contributed by atoms with Crippen molar-refractivity contribution in [2.45, 2.75) is 20.0 Å². The molecule has 110 valence electrons. The Morgan fingerprint density at radius 3 is 1.95 bits per heavy atom. The monoisotopic (exact) mass is 271 g/mol. The maximum absolute atomic E-state index is 11.9. The van der Waals surface area contributed by atoms with E-state index in [-0.39, 0.29) is 24.5 Å². The van der Waals surface area contributed by atoms with E-state index in [1.54, 1.807) is 4.90 Å². The molecule has 6 nitrogen and oxygen atoms in total. The highest BCUT2D eigenvalue weighted by atomic mass is 16.5. The zero-order chi connectivity index (χ0) is 14.4. The minimum atomic E-state index is 0.00779. The van der Waals surface area contributed by atoms with Crippen molar-refractivity contribution in [3.63, 3.8) is 0 Å². The van der Waals surface area contributed by atoms with Gasteiger partial charge in [0.25, 0.3) is 0 Å². The molecule has 0 spiro atoms. The zero-order valence-electron chi connectivity index (χ0n) is 12.4. The molecule has 0 atom stereocenters. The topological polar surface area (TPSA) is 53.1 Å². The molecule has 0 aromatic rings. The first-order chi connectivity index (χ1) is 8.90. The molecule has 0 aliphatic carbocycles. The van der Waals surface area contributed by atoms with E-state index in [2.05, 4.69) is 0 Å². The Labute approximate surface area is 115 Å². The van der Waals surface area contributed by atoms with Crippen LogP contribution >= 0.6 is 0 Å². The Balaban J connectivity index is 2.32. The fourth-order valence-corrected chi connectivity index (χ4v) is 1.91. The van der Waals surface area contributed by atoms with Gasteiger partial charge in [-0.05, 0) is 27.9 Å². The van der Waals surface area contributed by atoms with Crippen molar-refractivity contribution in [1.29, 1.82) is 0 Å². The van der Waals surface area contributed by atoms with Crippen LogP contribution in [0.4, 0.5) is 0 Å². The standard InChI is InChI=1S/C13H25N3O3/c1-11(2)19-10-13(18)16-7-5-15(6-8-16)12(17)9-14(3)4/h11H,5-10H2,1-4H3. The molecular weight excluding hydrogens is 246 g/mol. The Kier molecular flexibility index (Phi) is 6.24. The second kappa shape index (κ2) is 7.45. The Morgan fingerprint density at radius 2 is 1.53 bits per heavy atom. The summed E-state index contributed by atoms with van der Waals surface area (Å²) in [6.45, 7) is 6.78. The Hall–Kier alpha value is -1.14. The quantitative estimate of drug-likeness (QED) is 0.685. The van der Waals surface area contributed by atoms with Crippen LogP contribution < -0.4 is 0 Å². The van der Waals surface area contributed by atoms with Gasteiger partial charge in [0.05, 0.1) is 12.6 Å². The van der Waals surface area contributed by atoms with Crippen LogP contribution in [0.5, 0.6) is 0 Å². The van der Waals surface area contributed by atoms with Crippen molar-refractivity contribution < 1.29 is 14.3 Å². The van der Waals surface area contributed by atoms with E-state index < -0.39 is 0 Å². The smallest absolute Gasteiger partial charge is 0.248 e. The molecule has 0 unspecified atom stereocenters. The van der Waals surface area contributed by atoms with Crippen molar-refractivity contribution in [3.8, 4) is 0 Å². The molecule has 2 amide bonds. The second-order valence-electron chi connectivity index (χ2n) is 5.36. The predicted octanol–water partition coefficient (Wildman–Crippen LogP) is -0.356. The normalized spacial score (nSPS) is 16.3. The third-order valence-corrected chi connectivity index (χ3v) is 2.98. The molecule has 19 heavy (non-hydrogen) atoms. The summed E-state index contributed by atoms with van der Waals surface area (Å²) in [7, 11) is 3.75. The minimum Gasteiger partial charge on any atom is -0.369 e. The number of likely N-dealkylation sites (N-methyl/N-ethyl adjacent to an activating group) is 1. The lowest BCUT2D eigenvalue weighted by atomic mass is 10.3. The maximum atomic E-state index is 11.9. The fraction of sp³-hybridized carbons (Fsp3) is 0.846. The van der Waals surface area contributed by atoms with Crippen molar-refractivity contribution >= 4 is 11.8 Å². The Bertz CT molecular complexity index is 310. The maximum Gasteiger partial charge on any atom is 0.248 e. The SMILES string of the molecule is CC(C)OCC(=O)N1CCN(C(=O)CN(C)C)CC1. The van der Waals surface area contributed by atoms with Crippen LogP contribution in [0.3, 0.4) is 0 Å². The molecule has 6 heteroatoms. The van der Waals surface area contributed by atoms with E-state index in [1.807, 2.05) is 37.7 Å². The number of rotatable bonds is 5. The number of amides is 2. The van der Waals surface area contributed by atoms with Crippen LogP contribution in [-0.2, 0) is 14.3 Å². The fourth-order valence-electron chi connectivity index (χ4n) is 1.91. The molecule has 1 heterocycles. The van der Waals surface area contributed by atoms with Gasteiger partial charge in [0.1, 0.15) is 6.61 Å². The van der Waals surface area contributed by atoms with Gasteiger partial charge < -0.3 is 19.4 Å². The van der Waals surface area contributed by atoms with Crippen molar-refractivity contribution in [1.82, 2.24) is 14.7 Å². The first-order valence-electron chi connectivity index (χ1n) is 6.72. The van der Waals surface area contributed by atoms with Gasteiger partial charge in [-0.15, -0.1) is 0 Å². The highest BCUT2D eigenvalue weighted by Gasteiger charge is 2.24. The molecule has 0 aromatic carbocycles. The lowest BCUT2D eigenvalue weighted by molar-refractivity contribution is -0.143. The average molecular weight is 271 g/mol. The predicted molar refractivity (Wildman–Crippen MR) is 72.8 cm³/mol. The van der Waals surface area contributed by atoms with Gasteiger partial charge >= 0.3 is 0 Å². The highest BCUT2D eigenvalue weighted by Crippen LogP contribution is 2.04. The van der Waals surface area contributed by atoms with Crippen LogP contribution in [0.2, 0.25) is 0 Å². The average Bonchev–Trinajstić information content (AvgIpc) is 2.35. The number of ether oxygens (including phenoxy) is 1. The first kappa shape index (κ1) is 15.9. The number of piperazine rings is 1. The van der Waals surface area contributed by atoms with Crippen molar-refractivity contribution in [3.05, 3.63) is 0 Å². The number of hydrogen-bond acceptors (Lipinski definition) is 4. The van der Waals surface area contributed by atoms with Gasteiger partial charge in [-0.3, -0.25) is 9.59 Å². The second-order valence-corrected chi connectivity index (χ2v) is 5.36. The molecule has 0 bridgehead atoms. The van der Waals surface area contributed by atoms with E-state index in [0.717, 1.165) is 0 Å². The van der Waals surface area contributed by atoms with E-state index >= 15 is 0 Å². The minimum absolute atomic E-state index is 0.00779. The lowest BCUT2D eigenvalue weighted by Crippen LogP contribution is -2.52. The molecule has 1 saturated heterocycles. The summed E-state index contributed by atoms with van der Waals surface area (Å²) in [5.74, 6) is 0.129. The van der Waals surface area contributed by atoms with Crippen LogP contribution in [-0.4, -0.2) is 86.0 Å². The van der Waals surface area contributed by atoms with Crippen LogP contribution in [0.25, 0.3) is 0 Å². The first-order valence-corrected chi connectivity index (χ1v) is 6.72. The van der Waals surface area contributed by atoms with Gasteiger partial charge in [-0.25, -0.2) is 0 Å². The van der Waals surface area contributed by atoms with Crippen LogP contribution in [0, 0.1) is 0 Å². The van der Waals surface area contributed by atoms with Crippen LogP contribution in [0.1, 0.15) is 13.8 Å². The molecule has 0 saturated carbocycles. The summed E-state index contributed by atoms with van der Waals surface area (Å²) >= 11 is 0. The summed E-state index contributed by atoms with van der Waals surface area (Å²) in [4.78, 5) is 29.1. The largest absolute Gasteiger partial charge is 0.369 e. The third-order valence-electron chi connectivity index (χ3n) is 2.98. The van der Waals surface area contributed by atoms with Crippen molar-refractivity contribution in [2.24, 2.45) is 0 Å². The van der Waals surface area contributed by atoms with E-state index in [1.165, 1.54) is 0 Å². The summed E-state index contributed by atoms with van der Waals surface area (Å²) in [6.07, 6.45) is 0.0620. The molecule has 1 aliphatic heterocycles. The molecule has 1 rings (SSSR count). The lowest BCUT2D eigenvalue weighted by Gasteiger charge is -2.35. The number of carbonyl (C=O) groups is 2. The molecule has 1 fully saturated rings. The summed E-state index contributed by atoms with van der Waals surface area (Å²) in [5, 5.41) is 0. The summed E-state index contributed by atoms with van der Waals surface area (Å²) < 4.78 is 5.31. The van der Waals surface area contributed by atoms with Gasteiger partial charge in [0.15, 0.2) is 0 Å². The molecular formula is C13H25N3O3. The Morgan fingerprint density at radius 1 is 1.05 bits per heavy atom. The number of carbonyl (C=O) groups excluding carboxylic acids is 2. The third kappa shape index (κ3) is 5.57. The van der Waals surface area contributed by atoms with E-state index in [0.29, 0.717) is 32.7 Å². The highest BCUT2D eigenvalue weighted by molar-refractivity contribution is 5.80. The van der Waals surface area contributed by atoms with Crippen LogP contribution in [0.15, 0.2) is 0 Å².